The first-order valence-corrected chi connectivity index (χ1v) is 8.65. The van der Waals surface area contributed by atoms with Crippen molar-refractivity contribution in [1.29, 1.82) is 0 Å². The van der Waals surface area contributed by atoms with Crippen LogP contribution < -0.4 is 14.8 Å². The molecule has 4 nitrogen and oxygen atoms in total. The normalized spacial score (nSPS) is 12.2. The summed E-state index contributed by atoms with van der Waals surface area (Å²) >= 11 is 1.72. The van der Waals surface area contributed by atoms with Crippen LogP contribution >= 0.6 is 11.8 Å². The SMILES string of the molecule is CCCSc1ccccc1C(=O)NCc1ccc2c(c1)OCO2. The van der Waals surface area contributed by atoms with Crippen LogP contribution in [0, 0.1) is 0 Å². The Labute approximate surface area is 140 Å². The summed E-state index contributed by atoms with van der Waals surface area (Å²) < 4.78 is 10.6. The molecule has 0 saturated carbocycles. The van der Waals surface area contributed by atoms with Gasteiger partial charge in [0.15, 0.2) is 11.5 Å². The molecule has 0 aromatic heterocycles. The van der Waals surface area contributed by atoms with E-state index >= 15 is 0 Å². The monoisotopic (exact) mass is 329 g/mol. The van der Waals surface area contributed by atoms with Gasteiger partial charge in [-0.15, -0.1) is 11.8 Å². The minimum atomic E-state index is -0.0538. The van der Waals surface area contributed by atoms with Gasteiger partial charge in [-0.1, -0.05) is 25.1 Å². The van der Waals surface area contributed by atoms with E-state index in [1.807, 2.05) is 42.5 Å². The first kappa shape index (κ1) is 15.7. The van der Waals surface area contributed by atoms with E-state index in [9.17, 15) is 4.79 Å². The number of hydrogen-bond acceptors (Lipinski definition) is 4. The molecule has 0 unspecified atom stereocenters. The van der Waals surface area contributed by atoms with E-state index in [4.69, 9.17) is 9.47 Å². The zero-order valence-electron chi connectivity index (χ0n) is 13.0. The summed E-state index contributed by atoms with van der Waals surface area (Å²) in [6.07, 6.45) is 1.08. The quantitative estimate of drug-likeness (QED) is 0.818. The van der Waals surface area contributed by atoms with Gasteiger partial charge in [0.2, 0.25) is 6.79 Å². The number of ether oxygens (including phenoxy) is 2. The molecular weight excluding hydrogens is 310 g/mol. The van der Waals surface area contributed by atoms with Gasteiger partial charge in [0.25, 0.3) is 5.91 Å². The van der Waals surface area contributed by atoms with Gasteiger partial charge in [-0.05, 0) is 42.0 Å². The Bertz CT molecular complexity index is 702. The second-order valence-electron chi connectivity index (χ2n) is 5.21. The third kappa shape index (κ3) is 3.79. The molecule has 1 N–H and O–H groups in total. The van der Waals surface area contributed by atoms with Crippen LogP contribution in [0.2, 0.25) is 0 Å². The van der Waals surface area contributed by atoms with Gasteiger partial charge in [-0.3, -0.25) is 4.79 Å². The summed E-state index contributed by atoms with van der Waals surface area (Å²) in [6.45, 7) is 2.85. The zero-order valence-corrected chi connectivity index (χ0v) is 13.8. The van der Waals surface area contributed by atoms with Gasteiger partial charge in [0.1, 0.15) is 0 Å². The third-order valence-corrected chi connectivity index (χ3v) is 4.76. The van der Waals surface area contributed by atoms with Crippen LogP contribution in [0.3, 0.4) is 0 Å². The van der Waals surface area contributed by atoms with Gasteiger partial charge in [-0.25, -0.2) is 0 Å². The number of carbonyl (C=O) groups excluding carboxylic acids is 1. The van der Waals surface area contributed by atoms with Crippen LogP contribution in [0.15, 0.2) is 47.4 Å². The largest absolute Gasteiger partial charge is 0.454 e. The lowest BCUT2D eigenvalue weighted by molar-refractivity contribution is 0.0948. The highest BCUT2D eigenvalue weighted by Crippen LogP contribution is 2.32. The fourth-order valence-electron chi connectivity index (χ4n) is 2.32. The number of benzene rings is 2. The molecule has 120 valence electrons. The molecule has 0 atom stereocenters. The van der Waals surface area contributed by atoms with Crippen molar-refractivity contribution in [3.05, 3.63) is 53.6 Å². The molecule has 3 rings (SSSR count). The Morgan fingerprint density at radius 2 is 2.00 bits per heavy atom. The molecule has 2 aromatic carbocycles. The van der Waals surface area contributed by atoms with Crippen LogP contribution in [0.4, 0.5) is 0 Å². The lowest BCUT2D eigenvalue weighted by atomic mass is 10.1. The number of carbonyl (C=O) groups is 1. The fraction of sp³-hybridized carbons (Fsp3) is 0.278. The maximum atomic E-state index is 12.5. The highest BCUT2D eigenvalue weighted by molar-refractivity contribution is 7.99. The van der Waals surface area contributed by atoms with E-state index in [-0.39, 0.29) is 12.7 Å². The second kappa shape index (κ2) is 7.42. The molecular formula is C18H19NO3S. The van der Waals surface area contributed by atoms with E-state index in [1.165, 1.54) is 0 Å². The fourth-order valence-corrected chi connectivity index (χ4v) is 3.24. The van der Waals surface area contributed by atoms with E-state index in [2.05, 4.69) is 12.2 Å². The van der Waals surface area contributed by atoms with Crippen LogP contribution in [-0.4, -0.2) is 18.5 Å². The van der Waals surface area contributed by atoms with Crippen molar-refractivity contribution < 1.29 is 14.3 Å². The van der Waals surface area contributed by atoms with Crippen molar-refractivity contribution in [2.45, 2.75) is 24.8 Å². The molecule has 1 heterocycles. The average Bonchev–Trinajstić information content (AvgIpc) is 3.05. The van der Waals surface area contributed by atoms with Gasteiger partial charge in [0, 0.05) is 11.4 Å². The molecule has 1 amide bonds. The topological polar surface area (TPSA) is 47.6 Å². The van der Waals surface area contributed by atoms with Crippen molar-refractivity contribution in [2.24, 2.45) is 0 Å². The zero-order chi connectivity index (χ0) is 16.1. The minimum absolute atomic E-state index is 0.0538. The summed E-state index contributed by atoms with van der Waals surface area (Å²) in [5.74, 6) is 2.44. The van der Waals surface area contributed by atoms with Crippen LogP contribution in [0.1, 0.15) is 29.3 Å². The van der Waals surface area contributed by atoms with Crippen molar-refractivity contribution >= 4 is 17.7 Å². The molecule has 2 aromatic rings. The molecule has 0 fully saturated rings. The average molecular weight is 329 g/mol. The third-order valence-electron chi connectivity index (χ3n) is 3.48. The number of rotatable bonds is 6. The van der Waals surface area contributed by atoms with E-state index in [0.717, 1.165) is 39.7 Å². The standard InChI is InChI=1S/C18H19NO3S/c1-2-9-23-17-6-4-3-5-14(17)18(20)19-11-13-7-8-15-16(10-13)22-12-21-15/h3-8,10H,2,9,11-12H2,1H3,(H,19,20). The summed E-state index contributed by atoms with van der Waals surface area (Å²) in [6, 6.07) is 13.4. The Kier molecular flexibility index (Phi) is 5.08. The van der Waals surface area contributed by atoms with Crippen molar-refractivity contribution in [3.63, 3.8) is 0 Å². The molecule has 5 heteroatoms. The van der Waals surface area contributed by atoms with Crippen LogP contribution in [0.25, 0.3) is 0 Å². The first-order valence-electron chi connectivity index (χ1n) is 7.66. The van der Waals surface area contributed by atoms with E-state index < -0.39 is 0 Å². The molecule has 0 saturated heterocycles. The van der Waals surface area contributed by atoms with Gasteiger partial charge in [0.05, 0.1) is 5.56 Å². The smallest absolute Gasteiger partial charge is 0.252 e. The molecule has 1 aliphatic heterocycles. The highest BCUT2D eigenvalue weighted by atomic mass is 32.2. The number of fused-ring (bicyclic) bond motifs is 1. The Hall–Kier alpha value is -2.14. The maximum absolute atomic E-state index is 12.5. The summed E-state index contributed by atoms with van der Waals surface area (Å²) in [5.41, 5.74) is 1.72. The van der Waals surface area contributed by atoms with Gasteiger partial charge >= 0.3 is 0 Å². The summed E-state index contributed by atoms with van der Waals surface area (Å²) in [4.78, 5) is 13.5. The molecule has 0 bridgehead atoms. The van der Waals surface area contributed by atoms with Crippen LogP contribution in [0.5, 0.6) is 11.5 Å². The second-order valence-corrected chi connectivity index (χ2v) is 6.35. The number of nitrogens with one attached hydrogen (secondary N) is 1. The van der Waals surface area contributed by atoms with Gasteiger partial charge in [-0.2, -0.15) is 0 Å². The number of amides is 1. The van der Waals surface area contributed by atoms with Crippen molar-refractivity contribution in [3.8, 4) is 11.5 Å². The molecule has 0 spiro atoms. The Balaban J connectivity index is 1.65. The molecule has 0 radical (unpaired) electrons. The highest BCUT2D eigenvalue weighted by Gasteiger charge is 2.14. The predicted octanol–water partition coefficient (Wildman–Crippen LogP) is 3.85. The lowest BCUT2D eigenvalue weighted by Gasteiger charge is -2.10. The van der Waals surface area contributed by atoms with Crippen molar-refractivity contribution in [2.75, 3.05) is 12.5 Å². The van der Waals surface area contributed by atoms with Crippen molar-refractivity contribution in [1.82, 2.24) is 5.32 Å². The molecule has 1 aliphatic rings. The summed E-state index contributed by atoms with van der Waals surface area (Å²) in [7, 11) is 0. The van der Waals surface area contributed by atoms with E-state index in [0.29, 0.717) is 6.54 Å². The molecule has 0 aliphatic carbocycles. The lowest BCUT2D eigenvalue weighted by Crippen LogP contribution is -2.23. The summed E-state index contributed by atoms with van der Waals surface area (Å²) in [5, 5.41) is 2.97. The number of thioether (sulfide) groups is 1. The minimum Gasteiger partial charge on any atom is -0.454 e. The van der Waals surface area contributed by atoms with E-state index in [1.54, 1.807) is 11.8 Å². The molecule has 23 heavy (non-hydrogen) atoms. The Morgan fingerprint density at radius 3 is 2.87 bits per heavy atom. The van der Waals surface area contributed by atoms with Crippen LogP contribution in [-0.2, 0) is 6.54 Å². The number of hydrogen-bond donors (Lipinski definition) is 1. The predicted molar refractivity (Wildman–Crippen MR) is 91.2 cm³/mol. The van der Waals surface area contributed by atoms with Gasteiger partial charge < -0.3 is 14.8 Å². The first-order chi connectivity index (χ1) is 11.3. The maximum Gasteiger partial charge on any atom is 0.252 e. The Morgan fingerprint density at radius 1 is 1.17 bits per heavy atom.